The van der Waals surface area contributed by atoms with Crippen molar-refractivity contribution in [3.8, 4) is 28.5 Å². The molecular weight excluding hydrogens is 531 g/mol. The van der Waals surface area contributed by atoms with Gasteiger partial charge < -0.3 is 24.6 Å². The molecule has 1 unspecified atom stereocenters. The van der Waals surface area contributed by atoms with E-state index in [0.717, 1.165) is 5.56 Å². The number of aromatic nitrogens is 1. The van der Waals surface area contributed by atoms with E-state index >= 15 is 0 Å². The molecule has 0 spiro atoms. The normalized spacial score (nSPS) is 14.1. The lowest BCUT2D eigenvalue weighted by Gasteiger charge is -2.25. The number of carbonyl (C=O) groups is 2. The van der Waals surface area contributed by atoms with E-state index in [1.54, 1.807) is 60.8 Å². The van der Waals surface area contributed by atoms with Crippen LogP contribution in [-0.2, 0) is 4.74 Å². The molecule has 0 aliphatic carbocycles. The molecule has 192 valence electrons. The molecule has 0 saturated heterocycles. The molecule has 2 N–H and O–H groups in total. The molecule has 1 aliphatic rings. The number of fused-ring (bicyclic) bond motifs is 1. The number of carboxylic acid groups (broad SMARTS) is 1. The molecule has 0 radical (unpaired) electrons. The van der Waals surface area contributed by atoms with Gasteiger partial charge in [-0.1, -0.05) is 41.4 Å². The number of nitrogens with zero attached hydrogens (tertiary/aromatic N) is 1. The maximum atomic E-state index is 12.7. The van der Waals surface area contributed by atoms with Gasteiger partial charge in [-0.3, -0.25) is 9.78 Å². The number of hydrogen-bond donors (Lipinski definition) is 2. The van der Waals surface area contributed by atoms with Crippen LogP contribution < -0.4 is 14.8 Å². The van der Waals surface area contributed by atoms with Crippen molar-refractivity contribution in [2.24, 2.45) is 0 Å². The van der Waals surface area contributed by atoms with Crippen molar-refractivity contribution in [2.75, 3.05) is 11.9 Å². The summed E-state index contributed by atoms with van der Waals surface area (Å²) in [6.07, 6.45) is -0.0711. The molecule has 1 amide bonds. The number of amides is 1. The van der Waals surface area contributed by atoms with E-state index in [2.05, 4.69) is 10.3 Å². The van der Waals surface area contributed by atoms with E-state index in [9.17, 15) is 9.59 Å². The molecule has 0 bridgehead atoms. The minimum Gasteiger partial charge on any atom is -0.493 e. The first-order valence-corrected chi connectivity index (χ1v) is 12.3. The van der Waals surface area contributed by atoms with E-state index in [-0.39, 0.29) is 10.9 Å². The van der Waals surface area contributed by atoms with Crippen molar-refractivity contribution in [3.05, 3.63) is 100 Å². The van der Waals surface area contributed by atoms with Gasteiger partial charge in [-0.15, -0.1) is 0 Å². The van der Waals surface area contributed by atoms with E-state index in [4.69, 9.17) is 42.5 Å². The van der Waals surface area contributed by atoms with Crippen LogP contribution >= 0.6 is 23.2 Å². The fourth-order valence-corrected chi connectivity index (χ4v) is 4.42. The molecule has 8 nitrogen and oxygen atoms in total. The highest BCUT2D eigenvalue weighted by Gasteiger charge is 2.27. The smallest absolute Gasteiger partial charge is 0.493 e. The van der Waals surface area contributed by atoms with Crippen molar-refractivity contribution in [1.82, 2.24) is 4.98 Å². The minimum atomic E-state index is -1.37. The van der Waals surface area contributed by atoms with Gasteiger partial charge in [-0.25, -0.2) is 4.79 Å². The van der Waals surface area contributed by atoms with Gasteiger partial charge in [-0.05, 0) is 48.5 Å². The highest BCUT2D eigenvalue weighted by Crippen LogP contribution is 2.42. The van der Waals surface area contributed by atoms with E-state index in [1.807, 2.05) is 18.2 Å². The molecule has 1 aromatic heterocycles. The van der Waals surface area contributed by atoms with Crippen LogP contribution in [-0.4, -0.2) is 28.8 Å². The third-order valence-corrected chi connectivity index (χ3v) is 6.43. The summed E-state index contributed by atoms with van der Waals surface area (Å²) in [5, 5.41) is 12.6. The molecule has 10 heteroatoms. The van der Waals surface area contributed by atoms with Crippen LogP contribution in [0.4, 0.5) is 10.5 Å². The van der Waals surface area contributed by atoms with Gasteiger partial charge in [-0.2, -0.15) is 0 Å². The van der Waals surface area contributed by atoms with E-state index in [1.165, 1.54) is 0 Å². The number of carbonyl (C=O) groups excluding carboxylic acids is 1. The second-order valence-corrected chi connectivity index (χ2v) is 9.14. The molecule has 0 saturated carbocycles. The maximum absolute atomic E-state index is 12.7. The first-order valence-electron chi connectivity index (χ1n) is 11.5. The Morgan fingerprint density at radius 2 is 1.79 bits per heavy atom. The van der Waals surface area contributed by atoms with Gasteiger partial charge in [0.25, 0.3) is 5.91 Å². The van der Waals surface area contributed by atoms with Crippen LogP contribution in [0.25, 0.3) is 11.3 Å². The average molecular weight is 551 g/mol. The standard InChI is InChI=1S/C28H20Cl2N2O6/c29-21-4-2-1-3-19(21)23-10-7-17(15-31-23)32-27(33)16-5-8-18(9-6-16)37-26-14-25-20(13-22(26)30)24(11-12-36-25)38-28(34)35/h1-10,13-15,24H,11-12H2,(H,32,33)(H,34,35). The Balaban J connectivity index is 1.25. The molecule has 2 heterocycles. The molecule has 1 atom stereocenters. The number of nitrogens with one attached hydrogen (secondary N) is 1. The van der Waals surface area contributed by atoms with Crippen LogP contribution in [0.1, 0.15) is 28.4 Å². The van der Waals surface area contributed by atoms with Gasteiger partial charge in [0.2, 0.25) is 0 Å². The molecule has 38 heavy (non-hydrogen) atoms. The predicted molar refractivity (Wildman–Crippen MR) is 143 cm³/mol. The van der Waals surface area contributed by atoms with Gasteiger partial charge >= 0.3 is 6.16 Å². The predicted octanol–water partition coefficient (Wildman–Crippen LogP) is 7.62. The summed E-state index contributed by atoms with van der Waals surface area (Å²) >= 11 is 12.6. The number of anilines is 1. The first-order chi connectivity index (χ1) is 18.4. The van der Waals surface area contributed by atoms with Gasteiger partial charge in [0.05, 0.1) is 29.2 Å². The number of ether oxygens (including phenoxy) is 3. The number of rotatable bonds is 6. The summed E-state index contributed by atoms with van der Waals surface area (Å²) in [5.41, 5.74) is 3.00. The van der Waals surface area contributed by atoms with Gasteiger partial charge in [0.15, 0.2) is 0 Å². The lowest BCUT2D eigenvalue weighted by molar-refractivity contribution is 0.0326. The highest BCUT2D eigenvalue weighted by molar-refractivity contribution is 6.33. The van der Waals surface area contributed by atoms with Crippen molar-refractivity contribution in [2.45, 2.75) is 12.5 Å². The van der Waals surface area contributed by atoms with Crippen molar-refractivity contribution >= 4 is 41.0 Å². The Labute approximate surface area is 227 Å². The summed E-state index contributed by atoms with van der Waals surface area (Å²) in [7, 11) is 0. The van der Waals surface area contributed by atoms with E-state index < -0.39 is 12.3 Å². The van der Waals surface area contributed by atoms with Crippen LogP contribution in [0, 0.1) is 0 Å². The fourth-order valence-electron chi connectivity index (χ4n) is 3.98. The second-order valence-electron chi connectivity index (χ2n) is 8.32. The molecule has 4 aromatic rings. The highest BCUT2D eigenvalue weighted by atomic mass is 35.5. The lowest BCUT2D eigenvalue weighted by Crippen LogP contribution is -2.18. The Morgan fingerprint density at radius 1 is 1.00 bits per heavy atom. The maximum Gasteiger partial charge on any atom is 0.506 e. The zero-order valence-corrected chi connectivity index (χ0v) is 21.2. The van der Waals surface area contributed by atoms with Gasteiger partial charge in [0, 0.05) is 34.2 Å². The minimum absolute atomic E-state index is 0.266. The van der Waals surface area contributed by atoms with Crippen LogP contribution in [0.5, 0.6) is 17.2 Å². The summed E-state index contributed by atoms with van der Waals surface area (Å²) in [6.45, 7) is 0.300. The quantitative estimate of drug-likeness (QED) is 0.238. The van der Waals surface area contributed by atoms with Crippen LogP contribution in [0.3, 0.4) is 0 Å². The van der Waals surface area contributed by atoms with Gasteiger partial charge in [0.1, 0.15) is 23.4 Å². The average Bonchev–Trinajstić information content (AvgIpc) is 2.90. The van der Waals surface area contributed by atoms with E-state index in [0.29, 0.717) is 57.8 Å². The van der Waals surface area contributed by atoms with Crippen molar-refractivity contribution < 1.29 is 28.9 Å². The van der Waals surface area contributed by atoms with Crippen LogP contribution in [0.15, 0.2) is 79.0 Å². The summed E-state index contributed by atoms with van der Waals surface area (Å²) in [4.78, 5) is 28.1. The second kappa shape index (κ2) is 11.0. The number of hydrogen-bond acceptors (Lipinski definition) is 6. The number of pyridine rings is 1. The number of benzene rings is 3. The summed E-state index contributed by atoms with van der Waals surface area (Å²) < 4.78 is 16.5. The molecule has 5 rings (SSSR count). The van der Waals surface area contributed by atoms with Crippen molar-refractivity contribution in [3.63, 3.8) is 0 Å². The molecule has 0 fully saturated rings. The third-order valence-electron chi connectivity index (χ3n) is 5.81. The largest absolute Gasteiger partial charge is 0.506 e. The zero-order valence-electron chi connectivity index (χ0n) is 19.7. The number of halogens is 2. The molecule has 1 aliphatic heterocycles. The Hall–Kier alpha value is -4.27. The molecular formula is C28H20Cl2N2O6. The van der Waals surface area contributed by atoms with Crippen molar-refractivity contribution in [1.29, 1.82) is 0 Å². The summed E-state index contributed by atoms with van der Waals surface area (Å²) in [6, 6.07) is 20.6. The zero-order chi connectivity index (χ0) is 26.6. The fraction of sp³-hybridized carbons (Fsp3) is 0.107. The third kappa shape index (κ3) is 5.66. The SMILES string of the molecule is O=C(O)OC1CCOc2cc(Oc3ccc(C(=O)Nc4ccc(-c5ccccc5Cl)nc4)cc3)c(Cl)cc21. The summed E-state index contributed by atoms with van der Waals surface area (Å²) in [5.74, 6) is 0.896. The first kappa shape index (κ1) is 25.4. The Kier molecular flexibility index (Phi) is 7.35. The Morgan fingerprint density at radius 3 is 2.50 bits per heavy atom. The van der Waals surface area contributed by atoms with Crippen LogP contribution in [0.2, 0.25) is 10.0 Å². The lowest BCUT2D eigenvalue weighted by atomic mass is 10.0. The Bertz CT molecular complexity index is 1490. The topological polar surface area (TPSA) is 107 Å². The monoisotopic (exact) mass is 550 g/mol. The molecule has 3 aromatic carbocycles.